The summed E-state index contributed by atoms with van der Waals surface area (Å²) in [6, 6.07) is 8.78. The maximum Gasteiger partial charge on any atom is 0.436 e. The minimum absolute atomic E-state index is 0.252. The largest absolute Gasteiger partial charge is 0.448 e. The minimum atomic E-state index is -0.683. The Morgan fingerprint density at radius 1 is 1.38 bits per heavy atom. The van der Waals surface area contributed by atoms with E-state index >= 15 is 0 Å². The molecule has 110 valence electrons. The molecule has 8 heteroatoms. The van der Waals surface area contributed by atoms with E-state index in [9.17, 15) is 9.59 Å². The lowest BCUT2D eigenvalue weighted by Crippen LogP contribution is -2.15. The summed E-state index contributed by atoms with van der Waals surface area (Å²) in [6.07, 6.45) is -0.683. The molecule has 0 aliphatic rings. The van der Waals surface area contributed by atoms with Gasteiger partial charge in [0.05, 0.1) is 6.61 Å². The molecule has 0 bridgehead atoms. The molecule has 0 aliphatic carbocycles. The summed E-state index contributed by atoms with van der Waals surface area (Å²) in [7, 11) is 1.63. The second kappa shape index (κ2) is 6.80. The van der Waals surface area contributed by atoms with Gasteiger partial charge in [0.1, 0.15) is 0 Å². The molecule has 0 aliphatic heterocycles. The Hall–Kier alpha value is -2.48. The van der Waals surface area contributed by atoms with Crippen LogP contribution >= 0.6 is 11.3 Å². The fraction of sp³-hybridized carbons (Fsp3) is 0.231. The van der Waals surface area contributed by atoms with Crippen LogP contribution in [0, 0.1) is 0 Å². The van der Waals surface area contributed by atoms with Gasteiger partial charge >= 0.3 is 6.09 Å². The number of hydrogen-bond acceptors (Lipinski definition) is 5. The lowest BCUT2D eigenvalue weighted by Gasteiger charge is -1.99. The molecule has 0 saturated carbocycles. The highest BCUT2D eigenvalue weighted by Gasteiger charge is 2.09. The van der Waals surface area contributed by atoms with Gasteiger partial charge in [-0.15, -0.1) is 10.1 Å². The van der Waals surface area contributed by atoms with E-state index in [-0.39, 0.29) is 12.5 Å². The zero-order valence-corrected chi connectivity index (χ0v) is 12.4. The van der Waals surface area contributed by atoms with Crippen molar-refractivity contribution in [3.63, 3.8) is 0 Å². The minimum Gasteiger partial charge on any atom is -0.448 e. The third-order valence-corrected chi connectivity index (χ3v) is 3.33. The molecular weight excluding hydrogens is 292 g/mol. The number of carbonyl (C=O) groups excluding carboxylic acids is 2. The molecule has 21 heavy (non-hydrogen) atoms. The number of rotatable bonds is 3. The van der Waals surface area contributed by atoms with Crippen molar-refractivity contribution in [3.05, 3.63) is 40.7 Å². The summed E-state index contributed by atoms with van der Waals surface area (Å²) >= 11 is 1.09. The van der Waals surface area contributed by atoms with E-state index in [0.717, 1.165) is 11.3 Å². The normalized spacial score (nSPS) is 11.2. The van der Waals surface area contributed by atoms with Gasteiger partial charge in [0.2, 0.25) is 9.93 Å². The Balaban J connectivity index is 2.16. The van der Waals surface area contributed by atoms with Crippen LogP contribution in [0.1, 0.15) is 17.3 Å². The van der Waals surface area contributed by atoms with Gasteiger partial charge in [0, 0.05) is 12.6 Å². The van der Waals surface area contributed by atoms with E-state index in [1.165, 1.54) is 4.68 Å². The van der Waals surface area contributed by atoms with Crippen LogP contribution in [0.15, 0.2) is 35.3 Å². The average molecular weight is 306 g/mol. The molecule has 0 fully saturated rings. The van der Waals surface area contributed by atoms with Crippen molar-refractivity contribution in [2.75, 3.05) is 11.9 Å². The lowest BCUT2D eigenvalue weighted by atomic mass is 10.2. The van der Waals surface area contributed by atoms with Crippen molar-refractivity contribution in [1.82, 2.24) is 9.78 Å². The molecule has 2 rings (SSSR count). The Morgan fingerprint density at radius 2 is 2.10 bits per heavy atom. The first kappa shape index (κ1) is 14.9. The maximum absolute atomic E-state index is 12.0. The van der Waals surface area contributed by atoms with Crippen molar-refractivity contribution < 1.29 is 14.3 Å². The Labute approximate surface area is 124 Å². The van der Waals surface area contributed by atoms with E-state index < -0.39 is 6.09 Å². The van der Waals surface area contributed by atoms with Crippen molar-refractivity contribution >= 4 is 28.5 Å². The van der Waals surface area contributed by atoms with Gasteiger partial charge in [0.15, 0.2) is 0 Å². The molecule has 7 nitrogen and oxygen atoms in total. The monoisotopic (exact) mass is 306 g/mol. The zero-order valence-electron chi connectivity index (χ0n) is 11.6. The van der Waals surface area contributed by atoms with Gasteiger partial charge in [-0.25, -0.2) is 9.48 Å². The zero-order chi connectivity index (χ0) is 15.2. The third-order valence-electron chi connectivity index (χ3n) is 2.42. The predicted molar refractivity (Wildman–Crippen MR) is 78.1 cm³/mol. The number of nitrogens with zero attached hydrogens (tertiary/aromatic N) is 3. The molecule has 0 saturated heterocycles. The van der Waals surface area contributed by atoms with Gasteiger partial charge < -0.3 is 4.74 Å². The fourth-order valence-corrected chi connectivity index (χ4v) is 2.26. The molecule has 0 radical (unpaired) electrons. The second-order valence-corrected chi connectivity index (χ2v) is 4.90. The summed E-state index contributed by atoms with van der Waals surface area (Å²) in [4.78, 5) is 27.4. The molecule has 0 unspecified atom stereocenters. The Morgan fingerprint density at radius 3 is 2.76 bits per heavy atom. The van der Waals surface area contributed by atoms with Crippen LogP contribution in [-0.2, 0) is 11.8 Å². The number of ether oxygens (including phenoxy) is 1. The Bertz CT molecular complexity index is 706. The van der Waals surface area contributed by atoms with Crippen molar-refractivity contribution in [2.24, 2.45) is 12.0 Å². The number of nitrogens with one attached hydrogen (secondary N) is 1. The number of benzene rings is 1. The maximum atomic E-state index is 12.0. The van der Waals surface area contributed by atoms with Gasteiger partial charge in [-0.3, -0.25) is 10.1 Å². The first-order valence-corrected chi connectivity index (χ1v) is 7.04. The number of aryl methyl sites for hydroxylation is 1. The summed E-state index contributed by atoms with van der Waals surface area (Å²) in [6.45, 7) is 1.95. The number of amides is 2. The molecule has 0 spiro atoms. The van der Waals surface area contributed by atoms with Gasteiger partial charge in [-0.05, 0) is 19.1 Å². The summed E-state index contributed by atoms with van der Waals surface area (Å²) in [5.41, 5.74) is 0.527. The number of anilines is 1. The second-order valence-electron chi connectivity index (χ2n) is 3.94. The fourth-order valence-electron chi connectivity index (χ4n) is 1.49. The highest BCUT2D eigenvalue weighted by Crippen LogP contribution is 2.08. The highest BCUT2D eigenvalue weighted by molar-refractivity contribution is 7.13. The summed E-state index contributed by atoms with van der Waals surface area (Å²) < 4.78 is 6.14. The SMILES string of the molecule is CCOC(=O)/N=c1/sc(NC(=O)c2ccccc2)nn1C. The molecule has 1 aromatic carbocycles. The quantitative estimate of drug-likeness (QED) is 0.936. The van der Waals surface area contributed by atoms with Crippen LogP contribution in [0.5, 0.6) is 0 Å². The lowest BCUT2D eigenvalue weighted by molar-refractivity contribution is 0.102. The van der Waals surface area contributed by atoms with E-state index in [1.54, 1.807) is 38.2 Å². The summed E-state index contributed by atoms with van der Waals surface area (Å²) in [5.74, 6) is -0.271. The summed E-state index contributed by atoms with van der Waals surface area (Å²) in [5, 5.41) is 7.11. The standard InChI is InChI=1S/C13H14N4O3S/c1-3-20-13(19)15-12-17(2)16-11(21-12)14-10(18)9-7-5-4-6-8-9/h4-8H,3H2,1-2H3,(H,14,16,18)/b15-12+. The van der Waals surface area contributed by atoms with E-state index in [4.69, 9.17) is 4.74 Å². The predicted octanol–water partition coefficient (Wildman–Crippen LogP) is 1.79. The van der Waals surface area contributed by atoms with Crippen LogP contribution in [-0.4, -0.2) is 28.4 Å². The molecule has 0 atom stereocenters. The van der Waals surface area contributed by atoms with Gasteiger partial charge in [-0.2, -0.15) is 0 Å². The first-order chi connectivity index (χ1) is 10.1. The van der Waals surface area contributed by atoms with Crippen LogP contribution in [0.2, 0.25) is 0 Å². The molecule has 1 N–H and O–H groups in total. The van der Waals surface area contributed by atoms with Crippen molar-refractivity contribution in [1.29, 1.82) is 0 Å². The topological polar surface area (TPSA) is 85.6 Å². The van der Waals surface area contributed by atoms with E-state index in [1.807, 2.05) is 6.07 Å². The van der Waals surface area contributed by atoms with Crippen LogP contribution in [0.4, 0.5) is 9.93 Å². The van der Waals surface area contributed by atoms with Crippen molar-refractivity contribution in [2.45, 2.75) is 6.92 Å². The number of carbonyl (C=O) groups is 2. The molecule has 1 aromatic heterocycles. The number of hydrogen-bond donors (Lipinski definition) is 1. The third kappa shape index (κ3) is 3.99. The highest BCUT2D eigenvalue weighted by atomic mass is 32.1. The van der Waals surface area contributed by atoms with Gasteiger partial charge in [0.25, 0.3) is 5.91 Å². The molecule has 2 aromatic rings. The van der Waals surface area contributed by atoms with Crippen molar-refractivity contribution in [3.8, 4) is 0 Å². The van der Waals surface area contributed by atoms with E-state index in [2.05, 4.69) is 15.4 Å². The number of aromatic nitrogens is 2. The van der Waals surface area contributed by atoms with Gasteiger partial charge in [-0.1, -0.05) is 29.5 Å². The van der Waals surface area contributed by atoms with Crippen LogP contribution in [0.3, 0.4) is 0 Å². The molecular formula is C13H14N4O3S. The average Bonchev–Trinajstić information content (AvgIpc) is 2.80. The smallest absolute Gasteiger partial charge is 0.436 e. The molecule has 1 heterocycles. The Kier molecular flexibility index (Phi) is 4.83. The first-order valence-electron chi connectivity index (χ1n) is 6.22. The van der Waals surface area contributed by atoms with Crippen LogP contribution < -0.4 is 10.1 Å². The molecule has 2 amide bonds. The van der Waals surface area contributed by atoms with E-state index in [0.29, 0.717) is 15.5 Å². The van der Waals surface area contributed by atoms with Crippen LogP contribution in [0.25, 0.3) is 0 Å².